The Kier molecular flexibility index (Phi) is 6.14. The van der Waals surface area contributed by atoms with E-state index in [0.29, 0.717) is 18.7 Å². The van der Waals surface area contributed by atoms with Crippen molar-refractivity contribution in [2.24, 2.45) is 0 Å². The molecule has 5 heteroatoms. The van der Waals surface area contributed by atoms with Crippen molar-refractivity contribution in [1.29, 1.82) is 0 Å². The van der Waals surface area contributed by atoms with Gasteiger partial charge in [-0.15, -0.1) is 0 Å². The van der Waals surface area contributed by atoms with E-state index in [0.717, 1.165) is 32.6 Å². The topological polar surface area (TPSA) is 58.6 Å². The lowest BCUT2D eigenvalue weighted by Crippen LogP contribution is -2.03. The monoisotopic (exact) mass is 425 g/mol. The van der Waals surface area contributed by atoms with E-state index in [1.54, 1.807) is 18.2 Å². The quantitative estimate of drug-likeness (QED) is 0.513. The van der Waals surface area contributed by atoms with Crippen LogP contribution in [-0.2, 0) is 13.2 Å². The van der Waals surface area contributed by atoms with E-state index in [4.69, 9.17) is 9.84 Å². The SMILES string of the molecule is Cc1cc(C(=O)O)ccc1NCc1ccc(OCc2ccccc2)c(Br)c1. The van der Waals surface area contributed by atoms with Gasteiger partial charge in [0.05, 0.1) is 10.0 Å². The molecule has 0 amide bonds. The molecule has 0 unspecified atom stereocenters. The molecule has 0 aromatic heterocycles. The number of anilines is 1. The van der Waals surface area contributed by atoms with Gasteiger partial charge in [0.25, 0.3) is 0 Å². The van der Waals surface area contributed by atoms with Crippen molar-refractivity contribution in [3.63, 3.8) is 0 Å². The van der Waals surface area contributed by atoms with Crippen LogP contribution in [0.2, 0.25) is 0 Å². The maximum atomic E-state index is 11.0. The first-order valence-corrected chi connectivity index (χ1v) is 9.35. The fraction of sp³-hybridized carbons (Fsp3) is 0.136. The second-order valence-corrected chi connectivity index (χ2v) is 7.08. The number of carboxylic acids is 1. The first kappa shape index (κ1) is 19.0. The number of halogens is 1. The molecule has 0 spiro atoms. The average molecular weight is 426 g/mol. The molecule has 0 heterocycles. The largest absolute Gasteiger partial charge is 0.488 e. The third kappa shape index (κ3) is 5.11. The highest BCUT2D eigenvalue weighted by Crippen LogP contribution is 2.27. The molecule has 27 heavy (non-hydrogen) atoms. The molecule has 0 fully saturated rings. The molecule has 4 nitrogen and oxygen atoms in total. The van der Waals surface area contributed by atoms with Gasteiger partial charge >= 0.3 is 5.97 Å². The van der Waals surface area contributed by atoms with Gasteiger partial charge in [0, 0.05) is 12.2 Å². The Hall–Kier alpha value is -2.79. The number of aryl methyl sites for hydroxylation is 1. The minimum absolute atomic E-state index is 0.292. The van der Waals surface area contributed by atoms with E-state index in [1.807, 2.05) is 55.5 Å². The summed E-state index contributed by atoms with van der Waals surface area (Å²) in [6.45, 7) is 3.04. The number of nitrogens with one attached hydrogen (secondary N) is 1. The zero-order valence-electron chi connectivity index (χ0n) is 14.9. The van der Waals surface area contributed by atoms with Gasteiger partial charge in [-0.1, -0.05) is 36.4 Å². The van der Waals surface area contributed by atoms with Crippen LogP contribution in [0, 0.1) is 6.92 Å². The second-order valence-electron chi connectivity index (χ2n) is 6.23. The Morgan fingerprint density at radius 2 is 1.81 bits per heavy atom. The average Bonchev–Trinajstić information content (AvgIpc) is 2.67. The minimum atomic E-state index is -0.917. The number of carbonyl (C=O) groups is 1. The molecule has 0 aliphatic rings. The normalized spacial score (nSPS) is 10.4. The number of carboxylic acid groups (broad SMARTS) is 1. The van der Waals surface area contributed by atoms with Crippen LogP contribution in [0.5, 0.6) is 5.75 Å². The maximum Gasteiger partial charge on any atom is 0.335 e. The molecule has 2 N–H and O–H groups in total. The predicted octanol–water partition coefficient (Wildman–Crippen LogP) is 5.65. The van der Waals surface area contributed by atoms with Crippen LogP contribution in [0.25, 0.3) is 0 Å². The van der Waals surface area contributed by atoms with Gasteiger partial charge in [-0.3, -0.25) is 0 Å². The Labute approximate surface area is 166 Å². The molecule has 3 aromatic carbocycles. The molecule has 0 saturated carbocycles. The Balaban J connectivity index is 1.61. The van der Waals surface area contributed by atoms with Crippen LogP contribution in [-0.4, -0.2) is 11.1 Å². The van der Waals surface area contributed by atoms with E-state index in [2.05, 4.69) is 21.2 Å². The lowest BCUT2D eigenvalue weighted by Gasteiger charge is -2.12. The second kappa shape index (κ2) is 8.73. The van der Waals surface area contributed by atoms with E-state index < -0.39 is 5.97 Å². The third-order valence-electron chi connectivity index (χ3n) is 4.19. The number of hydrogen-bond donors (Lipinski definition) is 2. The van der Waals surface area contributed by atoms with Gasteiger partial charge in [-0.25, -0.2) is 4.79 Å². The van der Waals surface area contributed by atoms with Gasteiger partial charge in [-0.05, 0) is 69.9 Å². The molecule has 0 bridgehead atoms. The van der Waals surface area contributed by atoms with Gasteiger partial charge in [0.15, 0.2) is 0 Å². The first-order chi connectivity index (χ1) is 13.0. The summed E-state index contributed by atoms with van der Waals surface area (Å²) >= 11 is 3.57. The zero-order chi connectivity index (χ0) is 19.2. The van der Waals surface area contributed by atoms with Gasteiger partial charge in [-0.2, -0.15) is 0 Å². The van der Waals surface area contributed by atoms with Crippen LogP contribution in [0.4, 0.5) is 5.69 Å². The Morgan fingerprint density at radius 3 is 2.48 bits per heavy atom. The number of aromatic carboxylic acids is 1. The molecule has 0 saturated heterocycles. The van der Waals surface area contributed by atoms with Crippen molar-refractivity contribution in [3.05, 3.63) is 93.5 Å². The van der Waals surface area contributed by atoms with Crippen LogP contribution in [0.15, 0.2) is 71.2 Å². The minimum Gasteiger partial charge on any atom is -0.488 e. The van der Waals surface area contributed by atoms with Gasteiger partial charge < -0.3 is 15.2 Å². The van der Waals surface area contributed by atoms with Crippen LogP contribution in [0.1, 0.15) is 27.0 Å². The van der Waals surface area contributed by atoms with E-state index in [-0.39, 0.29) is 0 Å². The van der Waals surface area contributed by atoms with Crippen molar-refractivity contribution in [2.75, 3.05) is 5.32 Å². The maximum absolute atomic E-state index is 11.0. The summed E-state index contributed by atoms with van der Waals surface area (Å²) in [5.41, 5.74) is 4.32. The summed E-state index contributed by atoms with van der Waals surface area (Å²) in [7, 11) is 0. The highest BCUT2D eigenvalue weighted by molar-refractivity contribution is 9.10. The lowest BCUT2D eigenvalue weighted by molar-refractivity contribution is 0.0697. The molecule has 0 aliphatic heterocycles. The first-order valence-electron chi connectivity index (χ1n) is 8.56. The van der Waals surface area contributed by atoms with Crippen molar-refractivity contribution in [3.8, 4) is 5.75 Å². The fourth-order valence-electron chi connectivity index (χ4n) is 2.70. The Bertz CT molecular complexity index is 942. The van der Waals surface area contributed by atoms with Crippen molar-refractivity contribution in [1.82, 2.24) is 0 Å². The Morgan fingerprint density at radius 1 is 1.04 bits per heavy atom. The summed E-state index contributed by atoms with van der Waals surface area (Å²) in [6, 6.07) is 21.1. The predicted molar refractivity (Wildman–Crippen MR) is 110 cm³/mol. The highest BCUT2D eigenvalue weighted by Gasteiger charge is 2.07. The van der Waals surface area contributed by atoms with Crippen molar-refractivity contribution < 1.29 is 14.6 Å². The number of hydrogen-bond acceptors (Lipinski definition) is 3. The highest BCUT2D eigenvalue weighted by atomic mass is 79.9. The third-order valence-corrected chi connectivity index (χ3v) is 4.81. The van der Waals surface area contributed by atoms with E-state index in [9.17, 15) is 4.79 Å². The molecule has 3 rings (SSSR count). The molecule has 0 radical (unpaired) electrons. The molecule has 0 aliphatic carbocycles. The number of rotatable bonds is 7. The molecule has 3 aromatic rings. The summed E-state index contributed by atoms with van der Waals surface area (Å²) < 4.78 is 6.77. The van der Waals surface area contributed by atoms with Crippen LogP contribution < -0.4 is 10.1 Å². The molecule has 0 atom stereocenters. The molecular formula is C22H20BrNO3. The van der Waals surface area contributed by atoms with Crippen molar-refractivity contribution in [2.45, 2.75) is 20.1 Å². The lowest BCUT2D eigenvalue weighted by atomic mass is 10.1. The molecular weight excluding hydrogens is 406 g/mol. The van der Waals surface area contributed by atoms with Crippen LogP contribution in [0.3, 0.4) is 0 Å². The van der Waals surface area contributed by atoms with Gasteiger partial charge in [0.2, 0.25) is 0 Å². The smallest absolute Gasteiger partial charge is 0.335 e. The number of ether oxygens (including phenoxy) is 1. The number of benzene rings is 3. The summed E-state index contributed by atoms with van der Waals surface area (Å²) in [5.74, 6) is -0.121. The standard InChI is InChI=1S/C22H20BrNO3/c1-15-11-18(22(25)26)8-9-20(15)24-13-17-7-10-21(19(23)12-17)27-14-16-5-3-2-4-6-16/h2-12,24H,13-14H2,1H3,(H,25,26). The van der Waals surface area contributed by atoms with Crippen molar-refractivity contribution >= 4 is 27.6 Å². The molecule has 138 valence electrons. The summed E-state index contributed by atoms with van der Waals surface area (Å²) in [4.78, 5) is 11.0. The van der Waals surface area contributed by atoms with E-state index >= 15 is 0 Å². The summed E-state index contributed by atoms with van der Waals surface area (Å²) in [6.07, 6.45) is 0. The van der Waals surface area contributed by atoms with Crippen LogP contribution >= 0.6 is 15.9 Å². The summed E-state index contributed by atoms with van der Waals surface area (Å²) in [5, 5.41) is 12.4. The van der Waals surface area contributed by atoms with Gasteiger partial charge in [0.1, 0.15) is 12.4 Å². The van der Waals surface area contributed by atoms with E-state index in [1.165, 1.54) is 0 Å². The fourth-order valence-corrected chi connectivity index (χ4v) is 3.24. The zero-order valence-corrected chi connectivity index (χ0v) is 16.5.